The van der Waals surface area contributed by atoms with E-state index in [4.69, 9.17) is 0 Å². The van der Waals surface area contributed by atoms with E-state index in [9.17, 15) is 4.79 Å². The number of halogens is 1. The van der Waals surface area contributed by atoms with Gasteiger partial charge in [0, 0.05) is 19.2 Å². The molecule has 0 amide bonds. The molecule has 1 aromatic rings. The number of hydrogen-bond acceptors (Lipinski definition) is 2. The van der Waals surface area contributed by atoms with Crippen molar-refractivity contribution in [3.8, 4) is 0 Å². The average Bonchev–Trinajstić information content (AvgIpc) is 2.32. The van der Waals surface area contributed by atoms with Gasteiger partial charge in [0.25, 0.3) is 0 Å². The van der Waals surface area contributed by atoms with E-state index in [0.29, 0.717) is 12.1 Å². The predicted octanol–water partition coefficient (Wildman–Crippen LogP) is 1.70. The van der Waals surface area contributed by atoms with E-state index in [1.807, 2.05) is 11.6 Å². The van der Waals surface area contributed by atoms with Crippen LogP contribution in [-0.2, 0) is 13.5 Å². The summed E-state index contributed by atoms with van der Waals surface area (Å²) < 4.78 is 2.69. The third-order valence-electron chi connectivity index (χ3n) is 2.24. The number of fused-ring (bicyclic) bond motifs is 1. The van der Waals surface area contributed by atoms with Crippen LogP contribution >= 0.6 is 15.9 Å². The molecule has 0 saturated carbocycles. The minimum atomic E-state index is 0.178. The zero-order valence-corrected chi connectivity index (χ0v) is 8.39. The summed E-state index contributed by atoms with van der Waals surface area (Å²) in [6.07, 6.45) is 2.57. The first kappa shape index (κ1) is 7.98. The van der Waals surface area contributed by atoms with Gasteiger partial charge in [-0.2, -0.15) is 0 Å². The molecule has 0 saturated heterocycles. The number of aromatic nitrogens is 2. The molecule has 2 rings (SSSR count). The summed E-state index contributed by atoms with van der Waals surface area (Å²) in [7, 11) is 1.93. The molecule has 4 heteroatoms. The molecule has 1 aliphatic carbocycles. The minimum Gasteiger partial charge on any atom is -0.325 e. The maximum atomic E-state index is 11.4. The largest absolute Gasteiger partial charge is 0.325 e. The molecule has 0 radical (unpaired) electrons. The van der Waals surface area contributed by atoms with E-state index in [1.54, 1.807) is 0 Å². The second kappa shape index (κ2) is 2.69. The Labute approximate surface area is 78.9 Å². The Morgan fingerprint density at radius 3 is 2.92 bits per heavy atom. The molecule has 1 heterocycles. The predicted molar refractivity (Wildman–Crippen MR) is 48.2 cm³/mol. The summed E-state index contributed by atoms with van der Waals surface area (Å²) in [5, 5.41) is 0. The monoisotopic (exact) mass is 228 g/mol. The molecule has 0 fully saturated rings. The smallest absolute Gasteiger partial charge is 0.183 e. The van der Waals surface area contributed by atoms with Crippen LogP contribution in [0.2, 0.25) is 0 Å². The Morgan fingerprint density at radius 1 is 1.50 bits per heavy atom. The first-order valence-corrected chi connectivity index (χ1v) is 4.73. The lowest BCUT2D eigenvalue weighted by Gasteiger charge is -2.09. The molecule has 1 aromatic heterocycles. The highest BCUT2D eigenvalue weighted by atomic mass is 79.9. The molecule has 1 aliphatic rings. The Bertz CT molecular complexity index is 343. The van der Waals surface area contributed by atoms with Gasteiger partial charge in [0.05, 0.1) is 0 Å². The molecule has 0 aliphatic heterocycles. The van der Waals surface area contributed by atoms with Gasteiger partial charge in [-0.05, 0) is 28.8 Å². The summed E-state index contributed by atoms with van der Waals surface area (Å²) in [5.74, 6) is 0.178. The minimum absolute atomic E-state index is 0.178. The molecule has 3 nitrogen and oxygen atoms in total. The summed E-state index contributed by atoms with van der Waals surface area (Å²) >= 11 is 3.30. The van der Waals surface area contributed by atoms with Crippen molar-refractivity contribution in [2.45, 2.75) is 19.3 Å². The van der Waals surface area contributed by atoms with Gasteiger partial charge >= 0.3 is 0 Å². The van der Waals surface area contributed by atoms with Gasteiger partial charge < -0.3 is 4.57 Å². The Hall–Kier alpha value is -0.640. The van der Waals surface area contributed by atoms with Crippen molar-refractivity contribution in [1.29, 1.82) is 0 Å². The van der Waals surface area contributed by atoms with Gasteiger partial charge in [-0.3, -0.25) is 4.79 Å². The van der Waals surface area contributed by atoms with Crippen LogP contribution in [0.1, 0.15) is 29.0 Å². The molecule has 0 aromatic carbocycles. The molecule has 0 N–H and O–H groups in total. The van der Waals surface area contributed by atoms with Crippen molar-refractivity contribution >= 4 is 21.7 Å². The number of nitrogens with zero attached hydrogens (tertiary/aromatic N) is 2. The second-order valence-electron chi connectivity index (χ2n) is 3.01. The van der Waals surface area contributed by atoms with Crippen molar-refractivity contribution in [1.82, 2.24) is 9.55 Å². The number of carbonyl (C=O) groups is 1. The Balaban J connectivity index is 2.60. The van der Waals surface area contributed by atoms with Crippen LogP contribution in [0.3, 0.4) is 0 Å². The highest BCUT2D eigenvalue weighted by molar-refractivity contribution is 9.10. The molecular formula is C8H9BrN2O. The SMILES string of the molecule is Cn1c(Br)nc2c1CCCC2=O. The molecular weight excluding hydrogens is 220 g/mol. The Morgan fingerprint density at radius 2 is 2.25 bits per heavy atom. The lowest BCUT2D eigenvalue weighted by Crippen LogP contribution is -2.12. The lowest BCUT2D eigenvalue weighted by atomic mass is 10.00. The van der Waals surface area contributed by atoms with E-state index < -0.39 is 0 Å². The number of ketones is 1. The first-order chi connectivity index (χ1) is 5.70. The van der Waals surface area contributed by atoms with Gasteiger partial charge in [-0.1, -0.05) is 0 Å². The van der Waals surface area contributed by atoms with Crippen molar-refractivity contribution in [3.63, 3.8) is 0 Å². The van der Waals surface area contributed by atoms with Crippen LogP contribution in [0.25, 0.3) is 0 Å². The maximum absolute atomic E-state index is 11.4. The maximum Gasteiger partial charge on any atom is 0.183 e. The number of carbonyl (C=O) groups excluding carboxylic acids is 1. The van der Waals surface area contributed by atoms with Gasteiger partial charge in [-0.25, -0.2) is 4.98 Å². The second-order valence-corrected chi connectivity index (χ2v) is 3.72. The average molecular weight is 229 g/mol. The van der Waals surface area contributed by atoms with Gasteiger partial charge in [-0.15, -0.1) is 0 Å². The molecule has 64 valence electrons. The number of hydrogen-bond donors (Lipinski definition) is 0. The molecule has 0 spiro atoms. The molecule has 0 bridgehead atoms. The molecule has 0 atom stereocenters. The third-order valence-corrected chi connectivity index (χ3v) is 2.95. The number of rotatable bonds is 0. The van der Waals surface area contributed by atoms with E-state index in [1.165, 1.54) is 0 Å². The highest BCUT2D eigenvalue weighted by Crippen LogP contribution is 2.23. The van der Waals surface area contributed by atoms with Gasteiger partial charge in [0.1, 0.15) is 5.69 Å². The van der Waals surface area contributed by atoms with Gasteiger partial charge in [0.15, 0.2) is 10.5 Å². The van der Waals surface area contributed by atoms with Crippen molar-refractivity contribution in [2.75, 3.05) is 0 Å². The van der Waals surface area contributed by atoms with Crippen LogP contribution < -0.4 is 0 Å². The molecule has 0 unspecified atom stereocenters. The van der Waals surface area contributed by atoms with Gasteiger partial charge in [0.2, 0.25) is 0 Å². The topological polar surface area (TPSA) is 34.9 Å². The molecule has 12 heavy (non-hydrogen) atoms. The normalized spacial score (nSPS) is 16.3. The number of imidazole rings is 1. The number of Topliss-reactive ketones (excluding diaryl/α,β-unsaturated/α-hetero) is 1. The fraction of sp³-hybridized carbons (Fsp3) is 0.500. The van der Waals surface area contributed by atoms with Crippen LogP contribution in [0, 0.1) is 0 Å². The third kappa shape index (κ3) is 1.02. The highest BCUT2D eigenvalue weighted by Gasteiger charge is 2.23. The van der Waals surface area contributed by atoms with E-state index in [2.05, 4.69) is 20.9 Å². The Kier molecular flexibility index (Phi) is 1.79. The van der Waals surface area contributed by atoms with Crippen molar-refractivity contribution in [3.05, 3.63) is 16.1 Å². The van der Waals surface area contributed by atoms with E-state index in [-0.39, 0.29) is 5.78 Å². The fourth-order valence-electron chi connectivity index (χ4n) is 1.55. The summed E-state index contributed by atoms with van der Waals surface area (Å²) in [5.41, 5.74) is 1.73. The lowest BCUT2D eigenvalue weighted by molar-refractivity contribution is 0.0967. The first-order valence-electron chi connectivity index (χ1n) is 3.94. The standard InChI is InChI=1S/C8H9BrN2O/c1-11-5-3-2-4-6(12)7(5)10-8(11)9/h2-4H2,1H3. The fourth-order valence-corrected chi connectivity index (χ4v) is 1.94. The zero-order chi connectivity index (χ0) is 8.72. The van der Waals surface area contributed by atoms with Crippen LogP contribution in [0.15, 0.2) is 4.73 Å². The summed E-state index contributed by atoms with van der Waals surface area (Å²) in [6, 6.07) is 0. The van der Waals surface area contributed by atoms with Crippen molar-refractivity contribution < 1.29 is 4.79 Å². The summed E-state index contributed by atoms with van der Waals surface area (Å²) in [6.45, 7) is 0. The van der Waals surface area contributed by atoms with E-state index in [0.717, 1.165) is 23.3 Å². The zero-order valence-electron chi connectivity index (χ0n) is 6.80. The quantitative estimate of drug-likeness (QED) is 0.678. The van der Waals surface area contributed by atoms with Crippen molar-refractivity contribution in [2.24, 2.45) is 7.05 Å². The van der Waals surface area contributed by atoms with Crippen LogP contribution in [0.5, 0.6) is 0 Å². The van der Waals surface area contributed by atoms with Crippen LogP contribution in [0.4, 0.5) is 0 Å². The van der Waals surface area contributed by atoms with E-state index >= 15 is 0 Å². The van der Waals surface area contributed by atoms with Crippen LogP contribution in [-0.4, -0.2) is 15.3 Å². The summed E-state index contributed by atoms with van der Waals surface area (Å²) in [4.78, 5) is 15.5.